The van der Waals surface area contributed by atoms with E-state index in [0.717, 1.165) is 5.56 Å². The van der Waals surface area contributed by atoms with Gasteiger partial charge >= 0.3 is 94.1 Å². The van der Waals surface area contributed by atoms with Crippen molar-refractivity contribution in [1.82, 2.24) is 0 Å². The predicted molar refractivity (Wildman–Crippen MR) is 65.9 cm³/mol. The number of hydrogen-bond acceptors (Lipinski definition) is 1. The molecule has 0 N–H and O–H groups in total. The van der Waals surface area contributed by atoms with E-state index >= 15 is 0 Å². The first-order chi connectivity index (χ1) is 7.22. The van der Waals surface area contributed by atoms with E-state index in [4.69, 9.17) is 0 Å². The number of carbonyl (C=O) groups excluding carboxylic acids is 1. The van der Waals surface area contributed by atoms with Gasteiger partial charge in [-0.25, -0.2) is 0 Å². The molecule has 2 rings (SSSR count). The van der Waals surface area contributed by atoms with Crippen LogP contribution in [0.25, 0.3) is 0 Å². The van der Waals surface area contributed by atoms with Gasteiger partial charge in [0.1, 0.15) is 0 Å². The Labute approximate surface area is 94.2 Å². The molecule has 15 heavy (non-hydrogen) atoms. The molecule has 80 valence electrons. The molecule has 1 aromatic rings. The van der Waals surface area contributed by atoms with Gasteiger partial charge < -0.3 is 0 Å². The first kappa shape index (κ1) is 10.9. The molecule has 1 aromatic carbocycles. The Morgan fingerprint density at radius 2 is 1.67 bits per heavy atom. The molecule has 1 aliphatic heterocycles. The van der Waals surface area contributed by atoms with Gasteiger partial charge in [-0.2, -0.15) is 0 Å². The van der Waals surface area contributed by atoms with Gasteiger partial charge in [-0.05, 0) is 0 Å². The van der Waals surface area contributed by atoms with E-state index in [-0.39, 0.29) is 0 Å². The van der Waals surface area contributed by atoms with Gasteiger partial charge in [0.05, 0.1) is 0 Å². The topological polar surface area (TPSA) is 17.1 Å². The van der Waals surface area contributed by atoms with Crippen molar-refractivity contribution in [3.05, 3.63) is 35.9 Å². The fourth-order valence-electron chi connectivity index (χ4n) is 2.50. The van der Waals surface area contributed by atoms with E-state index < -0.39 is 13.3 Å². The Balaban J connectivity index is 2.20. The fourth-order valence-corrected chi connectivity index (χ4v) is 10.1. The summed E-state index contributed by atoms with van der Waals surface area (Å²) in [5.74, 6) is 2.31. The van der Waals surface area contributed by atoms with Gasteiger partial charge in [0.25, 0.3) is 0 Å². The Bertz CT molecular complexity index is 339. The van der Waals surface area contributed by atoms with Gasteiger partial charge in [-0.1, -0.05) is 0 Å². The van der Waals surface area contributed by atoms with Crippen LogP contribution in [0.4, 0.5) is 0 Å². The van der Waals surface area contributed by atoms with Crippen LogP contribution in [0.1, 0.15) is 29.6 Å². The summed E-state index contributed by atoms with van der Waals surface area (Å²) in [6, 6.07) is 9.89. The standard InChI is InChI=1S/C13H18GeO/c1-14(10-6-3-7-11-14)13(15)12-8-4-2-5-9-12/h2,4-5,8-9H,3,6-7,10-11H2,1H3. The summed E-state index contributed by atoms with van der Waals surface area (Å²) in [5.41, 5.74) is 0.960. The molecule has 0 spiro atoms. The van der Waals surface area contributed by atoms with Crippen molar-refractivity contribution in [2.75, 3.05) is 0 Å². The van der Waals surface area contributed by atoms with Crippen molar-refractivity contribution in [3.8, 4) is 0 Å². The number of rotatable bonds is 2. The second-order valence-electron chi connectivity index (χ2n) is 4.82. The fraction of sp³-hybridized carbons (Fsp3) is 0.462. The minimum atomic E-state index is -2.15. The van der Waals surface area contributed by atoms with Crippen LogP contribution in [0.2, 0.25) is 16.3 Å². The van der Waals surface area contributed by atoms with Gasteiger partial charge in [0.15, 0.2) is 0 Å². The molecule has 1 nitrogen and oxygen atoms in total. The maximum atomic E-state index is 12.4. The maximum absolute atomic E-state index is 12.4. The molecule has 2 heteroatoms. The molecule has 0 radical (unpaired) electrons. The van der Waals surface area contributed by atoms with Crippen molar-refractivity contribution in [1.29, 1.82) is 0 Å². The van der Waals surface area contributed by atoms with E-state index in [9.17, 15) is 4.79 Å². The van der Waals surface area contributed by atoms with Crippen molar-refractivity contribution >= 4 is 17.9 Å². The molecule has 0 bridgehead atoms. The second-order valence-corrected chi connectivity index (χ2v) is 14.4. The Morgan fingerprint density at radius 1 is 1.07 bits per heavy atom. The summed E-state index contributed by atoms with van der Waals surface area (Å²) in [4.78, 5) is 12.4. The zero-order valence-electron chi connectivity index (χ0n) is 9.33. The average molecular weight is 263 g/mol. The Kier molecular flexibility index (Phi) is 3.29. The SMILES string of the molecule is [CH3][Ge]1([C](=O)c2ccccc2)[CH2]CCC[CH2]1. The number of benzene rings is 1. The van der Waals surface area contributed by atoms with Crippen LogP contribution in [0, 0.1) is 0 Å². The van der Waals surface area contributed by atoms with Crippen LogP contribution in [0.15, 0.2) is 30.3 Å². The summed E-state index contributed by atoms with van der Waals surface area (Å²) in [7, 11) is 0. The molecule has 1 saturated heterocycles. The molecule has 1 aliphatic rings. The molecule has 0 aliphatic carbocycles. The minimum absolute atomic E-state index is 0.523. The van der Waals surface area contributed by atoms with Crippen molar-refractivity contribution in [2.45, 2.75) is 35.5 Å². The molecule has 0 amide bonds. The van der Waals surface area contributed by atoms with Gasteiger partial charge in [0, 0.05) is 0 Å². The predicted octanol–water partition coefficient (Wildman–Crippen LogP) is 3.67. The monoisotopic (exact) mass is 264 g/mol. The van der Waals surface area contributed by atoms with Crippen LogP contribution >= 0.6 is 0 Å². The second kappa shape index (κ2) is 4.52. The van der Waals surface area contributed by atoms with Crippen molar-refractivity contribution in [3.63, 3.8) is 0 Å². The summed E-state index contributed by atoms with van der Waals surface area (Å²) in [6.45, 7) is 0. The van der Waals surface area contributed by atoms with Crippen LogP contribution in [0.3, 0.4) is 0 Å². The quantitative estimate of drug-likeness (QED) is 0.744. The van der Waals surface area contributed by atoms with E-state index in [0.29, 0.717) is 4.62 Å². The third-order valence-corrected chi connectivity index (χ3v) is 12.6. The van der Waals surface area contributed by atoms with Crippen molar-refractivity contribution < 1.29 is 4.79 Å². The van der Waals surface area contributed by atoms with E-state index in [1.54, 1.807) is 0 Å². The normalized spacial score (nSPS) is 19.8. The van der Waals surface area contributed by atoms with Crippen LogP contribution in [-0.2, 0) is 0 Å². The molecular weight excluding hydrogens is 245 g/mol. The molecule has 0 aromatic heterocycles. The zero-order valence-corrected chi connectivity index (χ0v) is 11.4. The van der Waals surface area contributed by atoms with Crippen LogP contribution in [0.5, 0.6) is 0 Å². The molecule has 0 saturated carbocycles. The van der Waals surface area contributed by atoms with Crippen LogP contribution in [-0.4, -0.2) is 17.9 Å². The first-order valence-electron chi connectivity index (χ1n) is 5.82. The molecule has 0 unspecified atom stereocenters. The Hall–Kier alpha value is -0.567. The van der Waals surface area contributed by atoms with Crippen molar-refractivity contribution in [2.24, 2.45) is 0 Å². The zero-order chi connectivity index (χ0) is 10.7. The van der Waals surface area contributed by atoms with Crippen LogP contribution < -0.4 is 0 Å². The average Bonchev–Trinajstić information content (AvgIpc) is 2.30. The van der Waals surface area contributed by atoms with E-state index in [2.05, 4.69) is 5.76 Å². The van der Waals surface area contributed by atoms with E-state index in [1.807, 2.05) is 30.3 Å². The number of hydrogen-bond donors (Lipinski definition) is 0. The summed E-state index contributed by atoms with van der Waals surface area (Å²) < 4.78 is 0.523. The van der Waals surface area contributed by atoms with Gasteiger partial charge in [-0.15, -0.1) is 0 Å². The summed E-state index contributed by atoms with van der Waals surface area (Å²) >= 11 is -2.15. The van der Waals surface area contributed by atoms with E-state index in [1.165, 1.54) is 29.8 Å². The molecule has 0 atom stereocenters. The summed E-state index contributed by atoms with van der Waals surface area (Å²) in [5, 5.41) is 2.49. The summed E-state index contributed by atoms with van der Waals surface area (Å²) in [6.07, 6.45) is 3.91. The third-order valence-electron chi connectivity index (χ3n) is 3.54. The molecular formula is C13H18GeO. The molecule has 1 fully saturated rings. The van der Waals surface area contributed by atoms with Gasteiger partial charge in [0.2, 0.25) is 0 Å². The third kappa shape index (κ3) is 2.33. The number of carbonyl (C=O) groups is 1. The first-order valence-corrected chi connectivity index (χ1v) is 11.9. The molecule has 1 heterocycles. The Morgan fingerprint density at radius 3 is 2.27 bits per heavy atom. The van der Waals surface area contributed by atoms with Gasteiger partial charge in [-0.3, -0.25) is 0 Å².